The molecule has 2 atom stereocenters. The van der Waals surface area contributed by atoms with Crippen LogP contribution in [-0.4, -0.2) is 47.4 Å². The number of carbonyl (C=O) groups excluding carboxylic acids is 2. The Morgan fingerprint density at radius 3 is 0.986 bits per heavy atom. The van der Waals surface area contributed by atoms with Gasteiger partial charge in [-0.3, -0.25) is 9.59 Å². The van der Waals surface area contributed by atoms with Crippen molar-refractivity contribution < 1.29 is 24.5 Å². The molecule has 0 fully saturated rings. The highest BCUT2D eigenvalue weighted by atomic mass is 16.5. The quantitative estimate of drug-likeness (QED) is 0.0320. The second kappa shape index (κ2) is 62.9. The average Bonchev–Trinajstić information content (AvgIpc) is 3.39. The number of hydrogen-bond acceptors (Lipinski definition) is 5. The van der Waals surface area contributed by atoms with Crippen molar-refractivity contribution >= 4 is 11.9 Å². The summed E-state index contributed by atoms with van der Waals surface area (Å²) < 4.78 is 5.47. The molecule has 0 aliphatic rings. The lowest BCUT2D eigenvalue weighted by atomic mass is 10.0. The Hall–Kier alpha value is -1.66. The number of ether oxygens (including phenoxy) is 1. The van der Waals surface area contributed by atoms with Crippen molar-refractivity contribution in [1.29, 1.82) is 0 Å². The molecule has 2 unspecified atom stereocenters. The van der Waals surface area contributed by atoms with Gasteiger partial charge in [-0.25, -0.2) is 0 Å². The van der Waals surface area contributed by atoms with Crippen LogP contribution in [0.1, 0.15) is 367 Å². The standard InChI is InChI=1S/C67H129NO5/c1-3-5-7-9-11-13-15-17-18-19-20-26-29-32-36-39-43-47-51-55-59-65(70)64(63-69)68-66(71)60-56-52-48-44-40-37-33-30-27-24-22-21-23-25-28-31-34-38-42-46-50-54-58-62-73-67(72)61-57-53-49-45-41-35-16-14-12-10-8-6-4-2/h14,16,24,27,64-65,69-70H,3-13,15,17-23,25-26,28-63H2,1-2H3,(H,68,71)/b16-14-,27-24-. The Morgan fingerprint density at radius 2 is 0.644 bits per heavy atom. The molecule has 0 heterocycles. The zero-order valence-corrected chi connectivity index (χ0v) is 49.4. The van der Waals surface area contributed by atoms with Crippen molar-refractivity contribution in [3.05, 3.63) is 24.3 Å². The minimum atomic E-state index is -0.669. The van der Waals surface area contributed by atoms with E-state index < -0.39 is 12.1 Å². The number of aliphatic hydroxyl groups excluding tert-OH is 2. The Labute approximate surface area is 456 Å². The van der Waals surface area contributed by atoms with Crippen molar-refractivity contribution in [2.24, 2.45) is 0 Å². The van der Waals surface area contributed by atoms with E-state index >= 15 is 0 Å². The fourth-order valence-electron chi connectivity index (χ4n) is 10.4. The smallest absolute Gasteiger partial charge is 0.305 e. The Bertz CT molecular complexity index is 1140. The first-order chi connectivity index (χ1) is 36.0. The minimum Gasteiger partial charge on any atom is -0.466 e. The molecular weight excluding hydrogens is 899 g/mol. The third kappa shape index (κ3) is 59.4. The molecule has 0 spiro atoms. The maximum atomic E-state index is 12.5. The first kappa shape index (κ1) is 71.3. The number of carbonyl (C=O) groups is 2. The normalized spacial score (nSPS) is 12.7. The summed E-state index contributed by atoms with van der Waals surface area (Å²) in [6.45, 7) is 4.96. The molecule has 0 saturated carbocycles. The van der Waals surface area contributed by atoms with Gasteiger partial charge in [0.15, 0.2) is 0 Å². The highest BCUT2D eigenvalue weighted by Gasteiger charge is 2.20. The molecule has 0 saturated heterocycles. The van der Waals surface area contributed by atoms with Crippen LogP contribution < -0.4 is 5.32 Å². The number of esters is 1. The zero-order chi connectivity index (χ0) is 52.9. The van der Waals surface area contributed by atoms with Gasteiger partial charge in [-0.05, 0) is 77.0 Å². The summed E-state index contributed by atoms with van der Waals surface area (Å²) in [5, 5.41) is 23.4. The number of rotatable bonds is 62. The second-order valence-corrected chi connectivity index (χ2v) is 22.8. The van der Waals surface area contributed by atoms with Crippen LogP contribution in [0.3, 0.4) is 0 Å². The summed E-state index contributed by atoms with van der Waals surface area (Å²) in [7, 11) is 0. The molecule has 0 radical (unpaired) electrons. The lowest BCUT2D eigenvalue weighted by Crippen LogP contribution is -2.45. The summed E-state index contributed by atoms with van der Waals surface area (Å²) in [5.41, 5.74) is 0. The Balaban J connectivity index is 3.41. The monoisotopic (exact) mass is 1030 g/mol. The maximum Gasteiger partial charge on any atom is 0.305 e. The molecule has 0 rings (SSSR count). The molecule has 0 aromatic rings. The number of nitrogens with one attached hydrogen (secondary N) is 1. The van der Waals surface area contributed by atoms with Crippen molar-refractivity contribution in [1.82, 2.24) is 5.32 Å². The third-order valence-electron chi connectivity index (χ3n) is 15.5. The predicted octanol–water partition coefficient (Wildman–Crippen LogP) is 21.0. The SMILES string of the molecule is CCCCCC/C=C\CCCCCCCC(=O)OCCCCCCCCCCCCCC/C=C\CCCCCCCCCC(=O)NC(CO)C(O)CCCCCCCCCCCCCCCCCCCCCC. The molecule has 3 N–H and O–H groups in total. The topological polar surface area (TPSA) is 95.9 Å². The van der Waals surface area contributed by atoms with E-state index in [0.29, 0.717) is 25.9 Å². The van der Waals surface area contributed by atoms with Gasteiger partial charge in [0, 0.05) is 12.8 Å². The van der Waals surface area contributed by atoms with E-state index in [9.17, 15) is 19.8 Å². The molecular formula is C67H129NO5. The van der Waals surface area contributed by atoms with E-state index in [4.69, 9.17) is 4.74 Å². The fourth-order valence-corrected chi connectivity index (χ4v) is 10.4. The minimum absolute atomic E-state index is 0.00285. The highest BCUT2D eigenvalue weighted by molar-refractivity contribution is 5.76. The van der Waals surface area contributed by atoms with Crippen molar-refractivity contribution in [2.45, 2.75) is 379 Å². The molecule has 1 amide bonds. The van der Waals surface area contributed by atoms with Gasteiger partial charge < -0.3 is 20.3 Å². The van der Waals surface area contributed by atoms with Crippen LogP contribution in [0.2, 0.25) is 0 Å². The lowest BCUT2D eigenvalue weighted by Gasteiger charge is -2.22. The van der Waals surface area contributed by atoms with Gasteiger partial charge in [0.1, 0.15) is 0 Å². The van der Waals surface area contributed by atoms with E-state index in [-0.39, 0.29) is 18.5 Å². The van der Waals surface area contributed by atoms with Crippen LogP contribution in [-0.2, 0) is 14.3 Å². The first-order valence-electron chi connectivity index (χ1n) is 33.1. The molecule has 0 aliphatic heterocycles. The number of allylic oxidation sites excluding steroid dienone is 4. The van der Waals surface area contributed by atoms with E-state index in [1.807, 2.05) is 0 Å². The maximum absolute atomic E-state index is 12.5. The summed E-state index contributed by atoms with van der Waals surface area (Å²) in [4.78, 5) is 24.6. The van der Waals surface area contributed by atoms with Gasteiger partial charge in [-0.1, -0.05) is 301 Å². The van der Waals surface area contributed by atoms with Gasteiger partial charge in [-0.15, -0.1) is 0 Å². The number of hydrogen-bond donors (Lipinski definition) is 3. The molecule has 0 aromatic heterocycles. The Kier molecular flexibility index (Phi) is 61.4. The van der Waals surface area contributed by atoms with Gasteiger partial charge in [0.25, 0.3) is 0 Å². The van der Waals surface area contributed by atoms with E-state index in [1.165, 1.54) is 289 Å². The first-order valence-corrected chi connectivity index (χ1v) is 33.1. The van der Waals surface area contributed by atoms with Crippen LogP contribution in [0.25, 0.3) is 0 Å². The van der Waals surface area contributed by atoms with Crippen LogP contribution >= 0.6 is 0 Å². The van der Waals surface area contributed by atoms with Crippen LogP contribution in [0.5, 0.6) is 0 Å². The van der Waals surface area contributed by atoms with Crippen molar-refractivity contribution in [3.63, 3.8) is 0 Å². The number of unbranched alkanes of at least 4 members (excludes halogenated alkanes) is 47. The van der Waals surface area contributed by atoms with Gasteiger partial charge >= 0.3 is 5.97 Å². The molecule has 6 nitrogen and oxygen atoms in total. The van der Waals surface area contributed by atoms with E-state index in [0.717, 1.165) is 44.9 Å². The van der Waals surface area contributed by atoms with Gasteiger partial charge in [0.05, 0.1) is 25.4 Å². The number of amides is 1. The molecule has 432 valence electrons. The summed E-state index contributed by atoms with van der Waals surface area (Å²) in [6, 6.07) is -0.547. The van der Waals surface area contributed by atoms with Crippen molar-refractivity contribution in [3.8, 4) is 0 Å². The molecule has 0 aliphatic carbocycles. The molecule has 73 heavy (non-hydrogen) atoms. The predicted molar refractivity (Wildman–Crippen MR) is 320 cm³/mol. The van der Waals surface area contributed by atoms with Crippen LogP contribution in [0.4, 0.5) is 0 Å². The summed E-state index contributed by atoms with van der Waals surface area (Å²) >= 11 is 0. The highest BCUT2D eigenvalue weighted by Crippen LogP contribution is 2.18. The second-order valence-electron chi connectivity index (χ2n) is 22.8. The van der Waals surface area contributed by atoms with E-state index in [2.05, 4.69) is 43.5 Å². The molecule has 0 bridgehead atoms. The van der Waals surface area contributed by atoms with Gasteiger partial charge in [-0.2, -0.15) is 0 Å². The molecule has 6 heteroatoms. The fraction of sp³-hybridized carbons (Fsp3) is 0.910. The molecule has 0 aromatic carbocycles. The Morgan fingerprint density at radius 1 is 0.370 bits per heavy atom. The van der Waals surface area contributed by atoms with Crippen LogP contribution in [0, 0.1) is 0 Å². The van der Waals surface area contributed by atoms with Crippen LogP contribution in [0.15, 0.2) is 24.3 Å². The zero-order valence-electron chi connectivity index (χ0n) is 49.4. The average molecular weight is 1030 g/mol. The summed E-state index contributed by atoms with van der Waals surface area (Å²) in [5.74, 6) is -0.0349. The third-order valence-corrected chi connectivity index (χ3v) is 15.5. The van der Waals surface area contributed by atoms with Gasteiger partial charge in [0.2, 0.25) is 5.91 Å². The largest absolute Gasteiger partial charge is 0.466 e. The van der Waals surface area contributed by atoms with E-state index in [1.54, 1.807) is 0 Å². The lowest BCUT2D eigenvalue weighted by molar-refractivity contribution is -0.143. The summed E-state index contributed by atoms with van der Waals surface area (Å²) in [6.07, 6.45) is 77.7. The van der Waals surface area contributed by atoms with Crippen molar-refractivity contribution in [2.75, 3.05) is 13.2 Å². The number of aliphatic hydroxyl groups is 2.